The van der Waals surface area contributed by atoms with Gasteiger partial charge in [-0.25, -0.2) is 4.98 Å². The van der Waals surface area contributed by atoms with Crippen LogP contribution >= 0.6 is 11.3 Å². The first kappa shape index (κ1) is 16.0. The van der Waals surface area contributed by atoms with Gasteiger partial charge in [0.05, 0.1) is 11.2 Å². The van der Waals surface area contributed by atoms with E-state index in [1.54, 1.807) is 0 Å². The number of thiazole rings is 1. The highest BCUT2D eigenvalue weighted by atomic mass is 32.1. The molecule has 1 saturated carbocycles. The van der Waals surface area contributed by atoms with Crippen molar-refractivity contribution in [2.24, 2.45) is 11.8 Å². The lowest BCUT2D eigenvalue weighted by molar-refractivity contribution is 0.292. The Morgan fingerprint density at radius 2 is 2.10 bits per heavy atom. The quantitative estimate of drug-likeness (QED) is 0.817. The van der Waals surface area contributed by atoms with Gasteiger partial charge < -0.3 is 5.32 Å². The number of rotatable bonds is 4. The largest absolute Gasteiger partial charge is 0.308 e. The zero-order chi connectivity index (χ0) is 14.8. The van der Waals surface area contributed by atoms with Crippen molar-refractivity contribution in [3.05, 3.63) is 15.6 Å². The Hall–Kier alpha value is -0.410. The van der Waals surface area contributed by atoms with E-state index in [0.29, 0.717) is 0 Å². The summed E-state index contributed by atoms with van der Waals surface area (Å²) >= 11 is 1.91. The van der Waals surface area contributed by atoms with Crippen LogP contribution < -0.4 is 5.32 Å². The minimum Gasteiger partial charge on any atom is -0.308 e. The molecule has 1 fully saturated rings. The molecule has 0 saturated heterocycles. The fourth-order valence-electron chi connectivity index (χ4n) is 3.57. The van der Waals surface area contributed by atoms with Gasteiger partial charge in [0, 0.05) is 4.88 Å². The van der Waals surface area contributed by atoms with Crippen molar-refractivity contribution in [2.45, 2.75) is 71.8 Å². The monoisotopic (exact) mass is 294 g/mol. The molecule has 1 aromatic heterocycles. The van der Waals surface area contributed by atoms with Gasteiger partial charge in [-0.2, -0.15) is 0 Å². The summed E-state index contributed by atoms with van der Waals surface area (Å²) in [6.07, 6.45) is 7.57. The van der Waals surface area contributed by atoms with E-state index in [9.17, 15) is 0 Å². The highest BCUT2D eigenvalue weighted by molar-refractivity contribution is 7.11. The SMILES string of the molecule is CCc1nc(C2(NC)CCCC(C(C)C)CC2)sc1C. The molecule has 1 heterocycles. The summed E-state index contributed by atoms with van der Waals surface area (Å²) in [5, 5.41) is 4.98. The molecule has 3 heteroatoms. The molecule has 0 aliphatic heterocycles. The average molecular weight is 295 g/mol. The van der Waals surface area contributed by atoms with Gasteiger partial charge in [-0.15, -0.1) is 11.3 Å². The third kappa shape index (κ3) is 3.09. The van der Waals surface area contributed by atoms with Crippen LogP contribution in [0.25, 0.3) is 0 Å². The molecule has 2 nitrogen and oxygen atoms in total. The summed E-state index contributed by atoms with van der Waals surface area (Å²) in [6.45, 7) is 9.18. The number of nitrogens with one attached hydrogen (secondary N) is 1. The summed E-state index contributed by atoms with van der Waals surface area (Å²) in [7, 11) is 2.12. The van der Waals surface area contributed by atoms with Crippen LogP contribution in [0.5, 0.6) is 0 Å². The number of aromatic nitrogens is 1. The lowest BCUT2D eigenvalue weighted by Crippen LogP contribution is -2.39. The Bertz CT molecular complexity index is 438. The van der Waals surface area contributed by atoms with Crippen molar-refractivity contribution >= 4 is 11.3 Å². The molecule has 0 spiro atoms. The van der Waals surface area contributed by atoms with Gasteiger partial charge in [-0.3, -0.25) is 0 Å². The highest BCUT2D eigenvalue weighted by Crippen LogP contribution is 2.41. The van der Waals surface area contributed by atoms with Gasteiger partial charge in [0.15, 0.2) is 0 Å². The van der Waals surface area contributed by atoms with Crippen molar-refractivity contribution in [1.29, 1.82) is 0 Å². The van der Waals surface area contributed by atoms with Crippen molar-refractivity contribution in [3.63, 3.8) is 0 Å². The Morgan fingerprint density at radius 1 is 1.35 bits per heavy atom. The normalized spacial score (nSPS) is 27.8. The molecular weight excluding hydrogens is 264 g/mol. The fraction of sp³-hybridized carbons (Fsp3) is 0.824. The van der Waals surface area contributed by atoms with Crippen LogP contribution in [0.2, 0.25) is 0 Å². The molecule has 2 rings (SSSR count). The molecule has 0 amide bonds. The lowest BCUT2D eigenvalue weighted by atomic mass is 9.87. The third-order valence-electron chi connectivity index (χ3n) is 5.18. The number of nitrogens with zero attached hydrogens (tertiary/aromatic N) is 1. The highest BCUT2D eigenvalue weighted by Gasteiger charge is 2.36. The van der Waals surface area contributed by atoms with E-state index in [-0.39, 0.29) is 5.54 Å². The molecule has 1 N–H and O–H groups in total. The maximum Gasteiger partial charge on any atom is 0.113 e. The van der Waals surface area contributed by atoms with Gasteiger partial charge in [0.25, 0.3) is 0 Å². The van der Waals surface area contributed by atoms with Crippen LogP contribution in [-0.2, 0) is 12.0 Å². The van der Waals surface area contributed by atoms with Gasteiger partial charge in [0.1, 0.15) is 5.01 Å². The van der Waals surface area contributed by atoms with Crippen LogP contribution in [-0.4, -0.2) is 12.0 Å². The first-order valence-corrected chi connectivity index (χ1v) is 8.99. The number of aryl methyl sites for hydroxylation is 2. The van der Waals surface area contributed by atoms with E-state index in [1.807, 2.05) is 11.3 Å². The Balaban J connectivity index is 2.24. The van der Waals surface area contributed by atoms with Gasteiger partial charge in [-0.05, 0) is 51.5 Å². The summed E-state index contributed by atoms with van der Waals surface area (Å²) < 4.78 is 0. The molecule has 20 heavy (non-hydrogen) atoms. The molecule has 1 aliphatic rings. The van der Waals surface area contributed by atoms with Crippen molar-refractivity contribution in [1.82, 2.24) is 10.3 Å². The van der Waals surface area contributed by atoms with Crippen LogP contribution in [0.1, 0.15) is 68.5 Å². The van der Waals surface area contributed by atoms with E-state index >= 15 is 0 Å². The number of hydrogen-bond donors (Lipinski definition) is 1. The van der Waals surface area contributed by atoms with E-state index < -0.39 is 0 Å². The second-order valence-electron chi connectivity index (χ2n) is 6.64. The van der Waals surface area contributed by atoms with Crippen LogP contribution in [0.3, 0.4) is 0 Å². The third-order valence-corrected chi connectivity index (χ3v) is 6.40. The minimum absolute atomic E-state index is 0.131. The topological polar surface area (TPSA) is 24.9 Å². The van der Waals surface area contributed by atoms with Crippen molar-refractivity contribution in [2.75, 3.05) is 7.05 Å². The summed E-state index contributed by atoms with van der Waals surface area (Å²) in [4.78, 5) is 6.37. The van der Waals surface area contributed by atoms with Crippen LogP contribution in [0.15, 0.2) is 0 Å². The zero-order valence-electron chi connectivity index (χ0n) is 13.8. The maximum absolute atomic E-state index is 4.96. The lowest BCUT2D eigenvalue weighted by Gasteiger charge is -2.30. The Labute approximate surface area is 128 Å². The number of hydrogen-bond acceptors (Lipinski definition) is 3. The minimum atomic E-state index is 0.131. The smallest absolute Gasteiger partial charge is 0.113 e. The molecule has 0 bridgehead atoms. The van der Waals surface area contributed by atoms with Crippen molar-refractivity contribution in [3.8, 4) is 0 Å². The Morgan fingerprint density at radius 3 is 2.65 bits per heavy atom. The molecule has 0 radical (unpaired) electrons. The molecule has 114 valence electrons. The Kier molecular flexibility index (Phi) is 5.25. The zero-order valence-corrected chi connectivity index (χ0v) is 14.6. The van der Waals surface area contributed by atoms with E-state index in [4.69, 9.17) is 4.98 Å². The predicted molar refractivity (Wildman–Crippen MR) is 88.4 cm³/mol. The summed E-state index contributed by atoms with van der Waals surface area (Å²) in [5.74, 6) is 1.70. The first-order chi connectivity index (χ1) is 9.52. The molecule has 1 aromatic rings. The molecule has 2 atom stereocenters. The molecule has 1 aliphatic carbocycles. The summed E-state index contributed by atoms with van der Waals surface area (Å²) in [6, 6.07) is 0. The van der Waals surface area contributed by atoms with Gasteiger partial charge in [0.2, 0.25) is 0 Å². The maximum atomic E-state index is 4.96. The predicted octanol–water partition coefficient (Wildman–Crippen LogP) is 4.66. The standard InChI is InChI=1S/C17H30N2S/c1-6-15-13(4)20-16(19-15)17(18-5)10-7-8-14(9-11-17)12(2)3/h12,14,18H,6-11H2,1-5H3. The molecular formula is C17H30N2S. The van der Waals surface area contributed by atoms with E-state index in [2.05, 4.69) is 40.1 Å². The van der Waals surface area contributed by atoms with Crippen LogP contribution in [0.4, 0.5) is 0 Å². The second kappa shape index (κ2) is 6.57. The first-order valence-electron chi connectivity index (χ1n) is 8.18. The second-order valence-corrected chi connectivity index (χ2v) is 7.85. The fourth-order valence-corrected chi connectivity index (χ4v) is 4.82. The van der Waals surface area contributed by atoms with Gasteiger partial charge in [-0.1, -0.05) is 33.6 Å². The van der Waals surface area contributed by atoms with Gasteiger partial charge >= 0.3 is 0 Å². The van der Waals surface area contributed by atoms with E-state index in [1.165, 1.54) is 47.7 Å². The van der Waals surface area contributed by atoms with Crippen LogP contribution in [0, 0.1) is 18.8 Å². The molecule has 2 unspecified atom stereocenters. The van der Waals surface area contributed by atoms with Crippen molar-refractivity contribution < 1.29 is 0 Å². The molecule has 0 aromatic carbocycles. The average Bonchev–Trinajstić information content (AvgIpc) is 2.68. The summed E-state index contributed by atoms with van der Waals surface area (Å²) in [5.41, 5.74) is 1.43. The van der Waals surface area contributed by atoms with E-state index in [0.717, 1.165) is 18.3 Å².